The number of nitrogens with zero attached hydrogens (tertiary/aromatic N) is 2. The van der Waals surface area contributed by atoms with Crippen molar-refractivity contribution in [2.75, 3.05) is 19.7 Å². The normalized spacial score (nSPS) is 20.3. The van der Waals surface area contributed by atoms with Crippen LogP contribution in [-0.4, -0.2) is 41.6 Å². The Morgan fingerprint density at radius 2 is 1.90 bits per heavy atom. The summed E-state index contributed by atoms with van der Waals surface area (Å²) < 4.78 is 44.6. The maximum atomic E-state index is 13.0. The summed E-state index contributed by atoms with van der Waals surface area (Å²) in [5.41, 5.74) is 2.78. The van der Waals surface area contributed by atoms with Crippen LogP contribution in [0.5, 0.6) is 0 Å². The van der Waals surface area contributed by atoms with Gasteiger partial charge in [-0.05, 0) is 68.4 Å². The van der Waals surface area contributed by atoms with E-state index in [1.54, 1.807) is 6.07 Å². The van der Waals surface area contributed by atoms with Crippen LogP contribution in [0.1, 0.15) is 59.7 Å². The lowest BCUT2D eigenvalue weighted by Gasteiger charge is -2.33. The zero-order chi connectivity index (χ0) is 22.0. The predicted octanol–water partition coefficient (Wildman–Crippen LogP) is 4.88. The minimum Gasteiger partial charge on any atom is -0.368 e. The van der Waals surface area contributed by atoms with Crippen LogP contribution in [0.2, 0.25) is 0 Å². The Kier molecular flexibility index (Phi) is 6.32. The molecule has 7 heteroatoms. The number of carbonyl (C=O) groups is 1. The second-order valence-electron chi connectivity index (χ2n) is 8.52. The molecule has 3 heterocycles. The molecule has 2 aliphatic heterocycles. The highest BCUT2D eigenvalue weighted by atomic mass is 19.4. The van der Waals surface area contributed by atoms with Crippen LogP contribution < -0.4 is 0 Å². The summed E-state index contributed by atoms with van der Waals surface area (Å²) in [6.45, 7) is 3.94. The van der Waals surface area contributed by atoms with E-state index in [0.29, 0.717) is 31.7 Å². The molecular formula is C24H27F3N2O2. The lowest BCUT2D eigenvalue weighted by Crippen LogP contribution is -2.43. The summed E-state index contributed by atoms with van der Waals surface area (Å²) in [5.74, 6) is 0.340. The fourth-order valence-corrected chi connectivity index (χ4v) is 4.54. The molecule has 1 aromatic carbocycles. The van der Waals surface area contributed by atoms with Crippen molar-refractivity contribution in [1.29, 1.82) is 0 Å². The van der Waals surface area contributed by atoms with E-state index in [9.17, 15) is 18.0 Å². The standard InChI is InChI=1S/C24H27F3N2O2/c1-16-12-18(13-17-4-2-5-20(14-17)24(25,26)27)15-21(28-16)19-7-9-29(10-8-19)23(30)22-6-3-11-31-22/h2,4-5,12,14-15,19,22H,3,6-11,13H2,1H3/t22-/m1/s1. The SMILES string of the molecule is Cc1cc(Cc2cccc(C(F)(F)F)c2)cc(C2CCN(C(=O)[C@H]3CCCO3)CC2)n1. The Morgan fingerprint density at radius 1 is 1.13 bits per heavy atom. The van der Waals surface area contributed by atoms with E-state index < -0.39 is 11.7 Å². The van der Waals surface area contributed by atoms with Gasteiger partial charge in [0, 0.05) is 37.0 Å². The number of likely N-dealkylation sites (tertiary alicyclic amines) is 1. The Bertz CT molecular complexity index is 931. The molecular weight excluding hydrogens is 405 g/mol. The number of pyridine rings is 1. The molecule has 31 heavy (non-hydrogen) atoms. The summed E-state index contributed by atoms with van der Waals surface area (Å²) in [7, 11) is 0. The van der Waals surface area contributed by atoms with E-state index >= 15 is 0 Å². The van der Waals surface area contributed by atoms with Crippen LogP contribution in [-0.2, 0) is 22.1 Å². The average Bonchev–Trinajstić information content (AvgIpc) is 3.27. The molecule has 0 radical (unpaired) electrons. The summed E-state index contributed by atoms with van der Waals surface area (Å²) >= 11 is 0. The number of hydrogen-bond donors (Lipinski definition) is 0. The highest BCUT2D eigenvalue weighted by Crippen LogP contribution is 2.31. The molecule has 1 amide bonds. The van der Waals surface area contributed by atoms with Crippen LogP contribution in [0.25, 0.3) is 0 Å². The molecule has 0 aliphatic carbocycles. The van der Waals surface area contributed by atoms with Crippen molar-refractivity contribution >= 4 is 5.91 Å². The fraction of sp³-hybridized carbons (Fsp3) is 0.500. The molecule has 2 fully saturated rings. The first-order chi connectivity index (χ1) is 14.8. The van der Waals surface area contributed by atoms with Crippen LogP contribution in [0.15, 0.2) is 36.4 Å². The molecule has 4 rings (SSSR count). The van der Waals surface area contributed by atoms with E-state index in [1.165, 1.54) is 12.1 Å². The van der Waals surface area contributed by atoms with E-state index in [1.807, 2.05) is 24.0 Å². The zero-order valence-electron chi connectivity index (χ0n) is 17.6. The molecule has 1 atom stereocenters. The third-order valence-corrected chi connectivity index (χ3v) is 6.13. The van der Waals surface area contributed by atoms with Crippen LogP contribution in [0, 0.1) is 6.92 Å². The molecule has 2 aliphatic rings. The summed E-state index contributed by atoms with van der Waals surface area (Å²) in [5, 5.41) is 0. The number of piperidine rings is 1. The van der Waals surface area contributed by atoms with Crippen molar-refractivity contribution < 1.29 is 22.7 Å². The van der Waals surface area contributed by atoms with Gasteiger partial charge in [0.15, 0.2) is 0 Å². The number of aromatic nitrogens is 1. The van der Waals surface area contributed by atoms with Gasteiger partial charge in [-0.25, -0.2) is 0 Å². The Balaban J connectivity index is 1.43. The number of ether oxygens (including phenoxy) is 1. The van der Waals surface area contributed by atoms with Gasteiger partial charge in [-0.2, -0.15) is 13.2 Å². The maximum absolute atomic E-state index is 13.0. The zero-order valence-corrected chi connectivity index (χ0v) is 17.6. The largest absolute Gasteiger partial charge is 0.416 e. The van der Waals surface area contributed by atoms with Crippen LogP contribution >= 0.6 is 0 Å². The summed E-state index contributed by atoms with van der Waals surface area (Å²) in [4.78, 5) is 19.1. The number of carbonyl (C=O) groups excluding carboxylic acids is 1. The lowest BCUT2D eigenvalue weighted by atomic mass is 9.91. The number of benzene rings is 1. The molecule has 1 aromatic heterocycles. The number of hydrogen-bond acceptors (Lipinski definition) is 3. The van der Waals surface area contributed by atoms with Gasteiger partial charge in [0.1, 0.15) is 6.10 Å². The van der Waals surface area contributed by atoms with Gasteiger partial charge in [0.25, 0.3) is 5.91 Å². The molecule has 0 N–H and O–H groups in total. The third kappa shape index (κ3) is 5.26. The van der Waals surface area contributed by atoms with Crippen molar-refractivity contribution in [3.05, 3.63) is 64.5 Å². The second-order valence-corrected chi connectivity index (χ2v) is 8.52. The fourth-order valence-electron chi connectivity index (χ4n) is 4.54. The van der Waals surface area contributed by atoms with Crippen LogP contribution in [0.4, 0.5) is 13.2 Å². The molecule has 2 aromatic rings. The molecule has 166 valence electrons. The maximum Gasteiger partial charge on any atom is 0.416 e. The number of halogens is 3. The molecule has 0 spiro atoms. The van der Waals surface area contributed by atoms with Crippen molar-refractivity contribution in [3.63, 3.8) is 0 Å². The van der Waals surface area contributed by atoms with Crippen molar-refractivity contribution in [2.45, 2.75) is 57.2 Å². The van der Waals surface area contributed by atoms with E-state index in [0.717, 1.165) is 48.7 Å². The highest BCUT2D eigenvalue weighted by Gasteiger charge is 2.32. The molecule has 4 nitrogen and oxygen atoms in total. The first-order valence-corrected chi connectivity index (χ1v) is 10.8. The minimum atomic E-state index is -4.34. The van der Waals surface area contributed by atoms with Gasteiger partial charge in [0.2, 0.25) is 0 Å². The molecule has 0 bridgehead atoms. The van der Waals surface area contributed by atoms with E-state index in [-0.39, 0.29) is 17.9 Å². The molecule has 2 saturated heterocycles. The quantitative estimate of drug-likeness (QED) is 0.691. The predicted molar refractivity (Wildman–Crippen MR) is 111 cm³/mol. The monoisotopic (exact) mass is 432 g/mol. The first kappa shape index (κ1) is 21.8. The van der Waals surface area contributed by atoms with Crippen molar-refractivity contribution in [3.8, 4) is 0 Å². The van der Waals surface area contributed by atoms with Gasteiger partial charge < -0.3 is 9.64 Å². The number of aryl methyl sites for hydroxylation is 1. The lowest BCUT2D eigenvalue weighted by molar-refractivity contribution is -0.142. The van der Waals surface area contributed by atoms with Gasteiger partial charge in [-0.1, -0.05) is 18.2 Å². The Morgan fingerprint density at radius 3 is 2.58 bits per heavy atom. The van der Waals surface area contributed by atoms with Gasteiger partial charge >= 0.3 is 6.18 Å². The average molecular weight is 432 g/mol. The van der Waals surface area contributed by atoms with Gasteiger partial charge in [-0.3, -0.25) is 9.78 Å². The topological polar surface area (TPSA) is 42.4 Å². The third-order valence-electron chi connectivity index (χ3n) is 6.13. The Hall–Kier alpha value is -2.41. The summed E-state index contributed by atoms with van der Waals surface area (Å²) in [6.07, 6.45) is -0.796. The van der Waals surface area contributed by atoms with Gasteiger partial charge in [-0.15, -0.1) is 0 Å². The molecule has 0 saturated carbocycles. The van der Waals surface area contributed by atoms with Crippen molar-refractivity contribution in [1.82, 2.24) is 9.88 Å². The highest BCUT2D eigenvalue weighted by molar-refractivity contribution is 5.81. The number of amides is 1. The minimum absolute atomic E-state index is 0.0957. The molecule has 0 unspecified atom stereocenters. The van der Waals surface area contributed by atoms with Crippen LogP contribution in [0.3, 0.4) is 0 Å². The number of alkyl halides is 3. The smallest absolute Gasteiger partial charge is 0.368 e. The van der Waals surface area contributed by atoms with Crippen molar-refractivity contribution in [2.24, 2.45) is 0 Å². The second kappa shape index (κ2) is 8.99. The van der Waals surface area contributed by atoms with Gasteiger partial charge in [0.05, 0.1) is 5.56 Å². The summed E-state index contributed by atoms with van der Waals surface area (Å²) in [6, 6.07) is 9.42. The first-order valence-electron chi connectivity index (χ1n) is 10.8. The van der Waals surface area contributed by atoms with E-state index in [4.69, 9.17) is 9.72 Å². The number of rotatable bonds is 4. The Labute approximate surface area is 180 Å². The van der Waals surface area contributed by atoms with E-state index in [2.05, 4.69) is 0 Å².